The number of fused-ring (bicyclic) bond motifs is 1. The fourth-order valence-corrected chi connectivity index (χ4v) is 3.79. The van der Waals surface area contributed by atoms with Gasteiger partial charge in [-0.05, 0) is 41.3 Å². The largest absolute Gasteiger partial charge is 0.337 e. The van der Waals surface area contributed by atoms with Crippen LogP contribution in [0.1, 0.15) is 37.4 Å². The average molecular weight is 384 g/mol. The molecule has 0 bridgehead atoms. The molecule has 146 valence electrons. The lowest BCUT2D eigenvalue weighted by molar-refractivity contribution is 0.0734. The van der Waals surface area contributed by atoms with Gasteiger partial charge in [-0.2, -0.15) is 0 Å². The smallest absolute Gasteiger partial charge is 0.254 e. The van der Waals surface area contributed by atoms with Crippen LogP contribution in [-0.4, -0.2) is 35.2 Å². The standard InChI is InChI=1S/C25H24N2O2/c1-26(17-19-8-3-2-4-9-19)24(28)21-12-7-13-22(16-21)25(29)27-15-14-20-10-5-6-11-23(20)18-27/h2-13,16H,14-15,17-18H2,1H3. The van der Waals surface area contributed by atoms with Gasteiger partial charge in [0.05, 0.1) is 0 Å². The van der Waals surface area contributed by atoms with Gasteiger partial charge in [0.15, 0.2) is 0 Å². The quantitative estimate of drug-likeness (QED) is 0.678. The second kappa shape index (κ2) is 8.31. The number of carbonyl (C=O) groups is 2. The van der Waals surface area contributed by atoms with E-state index in [9.17, 15) is 9.59 Å². The number of nitrogens with zero attached hydrogens (tertiary/aromatic N) is 2. The Morgan fingerprint density at radius 3 is 2.34 bits per heavy atom. The number of hydrogen-bond donors (Lipinski definition) is 0. The first kappa shape index (κ1) is 18.9. The highest BCUT2D eigenvalue weighted by Gasteiger charge is 2.22. The van der Waals surface area contributed by atoms with Crippen molar-refractivity contribution in [1.29, 1.82) is 0 Å². The zero-order chi connectivity index (χ0) is 20.2. The summed E-state index contributed by atoms with van der Waals surface area (Å²) < 4.78 is 0. The van der Waals surface area contributed by atoms with Crippen molar-refractivity contribution in [3.05, 3.63) is 107 Å². The Balaban J connectivity index is 1.48. The van der Waals surface area contributed by atoms with Gasteiger partial charge in [0.1, 0.15) is 0 Å². The van der Waals surface area contributed by atoms with Crippen LogP contribution in [0.5, 0.6) is 0 Å². The summed E-state index contributed by atoms with van der Waals surface area (Å²) in [7, 11) is 1.78. The van der Waals surface area contributed by atoms with Crippen molar-refractivity contribution in [3.8, 4) is 0 Å². The normalized spacial score (nSPS) is 12.9. The van der Waals surface area contributed by atoms with Crippen LogP contribution < -0.4 is 0 Å². The maximum atomic E-state index is 13.0. The molecule has 3 aromatic carbocycles. The molecular formula is C25H24N2O2. The van der Waals surface area contributed by atoms with Gasteiger partial charge in [0.2, 0.25) is 0 Å². The van der Waals surface area contributed by atoms with Crippen molar-refractivity contribution in [2.45, 2.75) is 19.5 Å². The van der Waals surface area contributed by atoms with Gasteiger partial charge in [-0.1, -0.05) is 60.7 Å². The Morgan fingerprint density at radius 1 is 0.862 bits per heavy atom. The minimum atomic E-state index is -0.0903. The number of amides is 2. The van der Waals surface area contributed by atoms with Crippen molar-refractivity contribution in [1.82, 2.24) is 9.80 Å². The molecule has 0 aliphatic carbocycles. The van der Waals surface area contributed by atoms with Crippen LogP contribution >= 0.6 is 0 Å². The van der Waals surface area contributed by atoms with Crippen molar-refractivity contribution in [3.63, 3.8) is 0 Å². The summed E-state index contributed by atoms with van der Waals surface area (Å²) in [4.78, 5) is 29.4. The Morgan fingerprint density at radius 2 is 1.55 bits per heavy atom. The summed E-state index contributed by atoms with van der Waals surface area (Å²) in [6.45, 7) is 1.84. The zero-order valence-electron chi connectivity index (χ0n) is 16.5. The highest BCUT2D eigenvalue weighted by Crippen LogP contribution is 2.21. The minimum absolute atomic E-state index is 0.0279. The zero-order valence-corrected chi connectivity index (χ0v) is 16.5. The molecule has 4 nitrogen and oxygen atoms in total. The van der Waals surface area contributed by atoms with Gasteiger partial charge in [-0.3, -0.25) is 9.59 Å². The molecule has 4 heteroatoms. The molecule has 0 saturated heterocycles. The molecule has 0 radical (unpaired) electrons. The number of carbonyl (C=O) groups excluding carboxylic acids is 2. The minimum Gasteiger partial charge on any atom is -0.337 e. The van der Waals surface area contributed by atoms with Crippen molar-refractivity contribution < 1.29 is 9.59 Å². The van der Waals surface area contributed by atoms with E-state index in [1.165, 1.54) is 11.1 Å². The first-order valence-electron chi connectivity index (χ1n) is 9.87. The molecule has 2 amide bonds. The number of rotatable bonds is 4. The van der Waals surface area contributed by atoms with Crippen LogP contribution in [0.3, 0.4) is 0 Å². The van der Waals surface area contributed by atoms with Crippen LogP contribution in [0.2, 0.25) is 0 Å². The molecule has 4 rings (SSSR count). The Kier molecular flexibility index (Phi) is 5.43. The summed E-state index contributed by atoms with van der Waals surface area (Å²) in [5.41, 5.74) is 4.67. The van der Waals surface area contributed by atoms with E-state index in [0.717, 1.165) is 12.0 Å². The van der Waals surface area contributed by atoms with Gasteiger partial charge >= 0.3 is 0 Å². The molecule has 1 aliphatic rings. The van der Waals surface area contributed by atoms with E-state index in [2.05, 4.69) is 12.1 Å². The highest BCUT2D eigenvalue weighted by atomic mass is 16.2. The van der Waals surface area contributed by atoms with E-state index in [4.69, 9.17) is 0 Å². The third-order valence-electron chi connectivity index (χ3n) is 5.38. The molecule has 29 heavy (non-hydrogen) atoms. The molecular weight excluding hydrogens is 360 g/mol. The summed E-state index contributed by atoms with van der Waals surface area (Å²) in [5, 5.41) is 0. The molecule has 0 saturated carbocycles. The number of hydrogen-bond acceptors (Lipinski definition) is 2. The molecule has 0 N–H and O–H groups in total. The van der Waals surface area contributed by atoms with E-state index in [-0.39, 0.29) is 11.8 Å². The fourth-order valence-electron chi connectivity index (χ4n) is 3.79. The van der Waals surface area contributed by atoms with Crippen LogP contribution in [0.4, 0.5) is 0 Å². The highest BCUT2D eigenvalue weighted by molar-refractivity contribution is 5.99. The SMILES string of the molecule is CN(Cc1ccccc1)C(=O)c1cccc(C(=O)N2CCc3ccccc3C2)c1. The van der Waals surface area contributed by atoms with Crippen LogP contribution in [0, 0.1) is 0 Å². The maximum absolute atomic E-state index is 13.0. The lowest BCUT2D eigenvalue weighted by Crippen LogP contribution is -2.36. The van der Waals surface area contributed by atoms with Crippen molar-refractivity contribution in [2.24, 2.45) is 0 Å². The Bertz CT molecular complexity index is 1030. The second-order valence-electron chi connectivity index (χ2n) is 7.47. The summed E-state index contributed by atoms with van der Waals surface area (Å²) in [5.74, 6) is -0.118. The van der Waals surface area contributed by atoms with Crippen molar-refractivity contribution in [2.75, 3.05) is 13.6 Å². The average Bonchev–Trinajstić information content (AvgIpc) is 2.78. The first-order valence-corrected chi connectivity index (χ1v) is 9.87. The molecule has 0 unspecified atom stereocenters. The van der Waals surface area contributed by atoms with Gasteiger partial charge in [0.25, 0.3) is 11.8 Å². The lowest BCUT2D eigenvalue weighted by atomic mass is 9.99. The topological polar surface area (TPSA) is 40.6 Å². The number of benzene rings is 3. The Hall–Kier alpha value is -3.40. The Labute approximate surface area is 171 Å². The van der Waals surface area contributed by atoms with Gasteiger partial charge in [0, 0.05) is 37.8 Å². The van der Waals surface area contributed by atoms with E-state index < -0.39 is 0 Å². The molecule has 1 heterocycles. The van der Waals surface area contributed by atoms with E-state index in [0.29, 0.717) is 30.8 Å². The summed E-state index contributed by atoms with van der Waals surface area (Å²) >= 11 is 0. The van der Waals surface area contributed by atoms with Gasteiger partial charge in [-0.15, -0.1) is 0 Å². The molecule has 0 fully saturated rings. The third-order valence-corrected chi connectivity index (χ3v) is 5.38. The monoisotopic (exact) mass is 384 g/mol. The molecule has 0 spiro atoms. The maximum Gasteiger partial charge on any atom is 0.254 e. The van der Waals surface area contributed by atoms with Crippen LogP contribution in [-0.2, 0) is 19.5 Å². The molecule has 1 aliphatic heterocycles. The summed E-state index contributed by atoms with van der Waals surface area (Å²) in [6.07, 6.45) is 0.861. The van der Waals surface area contributed by atoms with E-state index >= 15 is 0 Å². The van der Waals surface area contributed by atoms with Crippen LogP contribution in [0.25, 0.3) is 0 Å². The summed E-state index contributed by atoms with van der Waals surface area (Å²) in [6, 6.07) is 25.2. The predicted molar refractivity (Wildman–Crippen MR) is 114 cm³/mol. The lowest BCUT2D eigenvalue weighted by Gasteiger charge is -2.29. The van der Waals surface area contributed by atoms with E-state index in [1.807, 2.05) is 47.4 Å². The molecule has 0 atom stereocenters. The van der Waals surface area contributed by atoms with Crippen molar-refractivity contribution >= 4 is 11.8 Å². The third kappa shape index (κ3) is 4.21. The fraction of sp³-hybridized carbons (Fsp3) is 0.200. The predicted octanol–water partition coefficient (Wildman–Crippen LogP) is 4.16. The molecule has 0 aromatic heterocycles. The van der Waals surface area contributed by atoms with Gasteiger partial charge < -0.3 is 9.80 Å². The van der Waals surface area contributed by atoms with Crippen LogP contribution in [0.15, 0.2) is 78.9 Å². The molecule has 3 aromatic rings. The first-order chi connectivity index (χ1) is 14.1. The van der Waals surface area contributed by atoms with E-state index in [1.54, 1.807) is 36.2 Å². The van der Waals surface area contributed by atoms with Gasteiger partial charge in [-0.25, -0.2) is 0 Å². The second-order valence-corrected chi connectivity index (χ2v) is 7.47.